The van der Waals surface area contributed by atoms with Crippen molar-refractivity contribution in [2.75, 3.05) is 0 Å². The summed E-state index contributed by atoms with van der Waals surface area (Å²) in [6.45, 7) is 40.2. The van der Waals surface area contributed by atoms with Gasteiger partial charge < -0.3 is 33.6 Å². The number of allylic oxidation sites excluding steroid dienone is 4. The quantitative estimate of drug-likeness (QED) is 0.0882. The molecular formula is C67H102F6N2O11S2Si2. The highest BCUT2D eigenvalue weighted by Gasteiger charge is 2.47. The number of halogens is 6. The summed E-state index contributed by atoms with van der Waals surface area (Å²) in [5.41, 5.74) is -1.81. The summed E-state index contributed by atoms with van der Waals surface area (Å²) in [6.07, 6.45) is -4.96. The van der Waals surface area contributed by atoms with Crippen molar-refractivity contribution in [2.45, 2.75) is 249 Å². The minimum atomic E-state index is -4.64. The smallest absolute Gasteiger partial charge is 0.412 e. The maximum Gasteiger partial charge on any atom is 0.412 e. The molecule has 0 amide bonds. The highest BCUT2D eigenvalue weighted by molar-refractivity contribution is 7.10. The molecule has 0 radical (unpaired) electrons. The van der Waals surface area contributed by atoms with Crippen LogP contribution in [0.25, 0.3) is 12.2 Å². The third-order valence-corrected chi connectivity index (χ3v) is 29.3. The fourth-order valence-electron chi connectivity index (χ4n) is 9.71. The van der Waals surface area contributed by atoms with E-state index < -0.39 is 136 Å². The lowest BCUT2D eigenvalue weighted by atomic mass is 9.69. The summed E-state index contributed by atoms with van der Waals surface area (Å²) in [5, 5.41) is 35.3. The molecule has 10 atom stereocenters. The molecule has 2 unspecified atom stereocenters. The number of cyclic esters (lactones) is 2. The van der Waals surface area contributed by atoms with Crippen molar-refractivity contribution in [1.29, 1.82) is 0 Å². The number of aliphatic hydroxyl groups is 3. The Kier molecular flexibility index (Phi) is 28.7. The van der Waals surface area contributed by atoms with E-state index in [-0.39, 0.29) is 54.1 Å². The van der Waals surface area contributed by atoms with E-state index in [0.717, 1.165) is 17.2 Å². The Labute approximate surface area is 541 Å². The van der Waals surface area contributed by atoms with Crippen molar-refractivity contribution in [3.63, 3.8) is 0 Å². The first-order valence-electron chi connectivity index (χ1n) is 30.9. The molecule has 0 aromatic carbocycles. The van der Waals surface area contributed by atoms with Crippen molar-refractivity contribution in [3.8, 4) is 0 Å². The van der Waals surface area contributed by atoms with E-state index in [1.54, 1.807) is 44.4 Å². The number of carbonyl (C=O) groups excluding carboxylic acids is 4. The molecular weight excluding hydrogens is 1240 g/mol. The van der Waals surface area contributed by atoms with Crippen LogP contribution in [-0.4, -0.2) is 108 Å². The van der Waals surface area contributed by atoms with E-state index in [4.69, 9.17) is 23.3 Å². The van der Waals surface area contributed by atoms with Crippen LogP contribution in [0.3, 0.4) is 0 Å². The molecule has 2 aliphatic rings. The number of esters is 2. The zero-order chi connectivity index (χ0) is 69.1. The van der Waals surface area contributed by atoms with E-state index in [0.29, 0.717) is 34.1 Å². The van der Waals surface area contributed by atoms with Crippen LogP contribution in [-0.2, 0) is 50.7 Å². The van der Waals surface area contributed by atoms with E-state index in [1.165, 1.54) is 61.7 Å². The number of hydrogen-bond acceptors (Lipinski definition) is 15. The number of hydrogen-bond donors (Lipinski definition) is 3. The van der Waals surface area contributed by atoms with Crippen molar-refractivity contribution in [2.24, 2.45) is 40.4 Å². The number of aromatic nitrogens is 2. The summed E-state index contributed by atoms with van der Waals surface area (Å²) in [7, 11) is -4.37. The maximum absolute atomic E-state index is 14.4. The molecule has 508 valence electrons. The molecule has 2 aromatic rings. The zero-order valence-electron chi connectivity index (χ0n) is 56.8. The van der Waals surface area contributed by atoms with Gasteiger partial charge in [-0.05, 0) is 98.1 Å². The zero-order valence-corrected chi connectivity index (χ0v) is 60.4. The fraction of sp³-hybridized carbons (Fsp3) is 0.672. The highest BCUT2D eigenvalue weighted by Crippen LogP contribution is 2.43. The first-order valence-corrected chi connectivity index (χ1v) is 38.4. The number of carbonyl (C=O) groups is 4. The van der Waals surface area contributed by atoms with Gasteiger partial charge in [0, 0.05) is 64.3 Å². The molecule has 13 nitrogen and oxygen atoms in total. The van der Waals surface area contributed by atoms with Gasteiger partial charge in [-0.2, -0.15) is 26.3 Å². The van der Waals surface area contributed by atoms with Crippen molar-refractivity contribution < 1.29 is 79.2 Å². The Morgan fingerprint density at radius 3 is 1.51 bits per heavy atom. The molecule has 2 aliphatic heterocycles. The minimum absolute atomic E-state index is 0.0498. The maximum atomic E-state index is 14.4. The van der Waals surface area contributed by atoms with E-state index in [2.05, 4.69) is 72.7 Å². The third kappa shape index (κ3) is 22.8. The number of thiazole rings is 2. The lowest BCUT2D eigenvalue weighted by Crippen LogP contribution is -2.50. The van der Waals surface area contributed by atoms with Crippen molar-refractivity contribution >= 4 is 75.0 Å². The summed E-state index contributed by atoms with van der Waals surface area (Å²) in [6, 6.07) is 0. The molecule has 0 aliphatic carbocycles. The lowest BCUT2D eigenvalue weighted by Gasteiger charge is -2.43. The average Bonchev–Trinajstić information content (AvgIpc) is 1.93. The van der Waals surface area contributed by atoms with Gasteiger partial charge in [0.25, 0.3) is 0 Å². The van der Waals surface area contributed by atoms with Crippen LogP contribution in [0.1, 0.15) is 178 Å². The molecule has 23 heteroatoms. The van der Waals surface area contributed by atoms with Gasteiger partial charge in [-0.1, -0.05) is 140 Å². The normalized spacial score (nSPS) is 28.7. The van der Waals surface area contributed by atoms with Gasteiger partial charge in [0.1, 0.15) is 33.8 Å². The third-order valence-electron chi connectivity index (χ3n) is 18.7. The van der Waals surface area contributed by atoms with Crippen LogP contribution in [0, 0.1) is 40.4 Å². The number of ether oxygens (including phenoxy) is 2. The molecule has 0 saturated carbocycles. The minimum Gasteiger partial charge on any atom is -0.457 e. The molecule has 0 saturated heterocycles. The monoisotopic (exact) mass is 1340 g/mol. The Morgan fingerprint density at radius 1 is 0.656 bits per heavy atom. The Hall–Kier alpha value is -4.21. The summed E-state index contributed by atoms with van der Waals surface area (Å²) in [5.74, 6) is -4.88. The molecule has 90 heavy (non-hydrogen) atoms. The molecule has 4 rings (SSSR count). The summed E-state index contributed by atoms with van der Waals surface area (Å²) < 4.78 is 109. The second kappa shape index (κ2) is 32.3. The van der Waals surface area contributed by atoms with Gasteiger partial charge in [-0.3, -0.25) is 19.2 Å². The average molecular weight is 1350 g/mol. The largest absolute Gasteiger partial charge is 0.457 e. The number of nitrogens with zero attached hydrogens (tertiary/aromatic N) is 2. The van der Waals surface area contributed by atoms with Crippen LogP contribution in [0.4, 0.5) is 26.3 Å². The van der Waals surface area contributed by atoms with Gasteiger partial charge in [0.15, 0.2) is 16.6 Å². The van der Waals surface area contributed by atoms with Crippen molar-refractivity contribution in [1.82, 2.24) is 9.97 Å². The van der Waals surface area contributed by atoms with Crippen LogP contribution in [0.15, 0.2) is 69.5 Å². The topological polar surface area (TPSA) is 192 Å². The van der Waals surface area contributed by atoms with Gasteiger partial charge in [0.05, 0.1) is 54.7 Å². The first kappa shape index (κ1) is 80.0. The number of aliphatic hydroxyl groups excluding tert-OH is 3. The number of alkyl halides is 6. The van der Waals surface area contributed by atoms with Gasteiger partial charge in [0.2, 0.25) is 0 Å². The first-order chi connectivity index (χ1) is 41.0. The highest BCUT2D eigenvalue weighted by atomic mass is 32.1. The van der Waals surface area contributed by atoms with Gasteiger partial charge in [-0.15, -0.1) is 22.7 Å². The molecule has 0 fully saturated rings. The van der Waals surface area contributed by atoms with E-state index >= 15 is 0 Å². The Balaban J connectivity index is 0.000000493. The lowest BCUT2D eigenvalue weighted by molar-refractivity contribution is -0.154. The number of rotatable bonds is 10. The fourth-order valence-corrected chi connectivity index (χ4v) is 13.5. The summed E-state index contributed by atoms with van der Waals surface area (Å²) >= 11 is 2.66. The van der Waals surface area contributed by atoms with Crippen LogP contribution < -0.4 is 0 Å². The van der Waals surface area contributed by atoms with Crippen LogP contribution >= 0.6 is 22.7 Å². The summed E-state index contributed by atoms with van der Waals surface area (Å²) in [4.78, 5) is 62.6. The predicted octanol–water partition coefficient (Wildman–Crippen LogP) is 16.9. The molecule has 2 aromatic heterocycles. The Bertz CT molecular complexity index is 2940. The second-order valence-corrected chi connectivity index (χ2v) is 40.0. The second-order valence-electron chi connectivity index (χ2n) is 28.6. The van der Waals surface area contributed by atoms with Crippen LogP contribution in [0.2, 0.25) is 36.3 Å². The standard InChI is InChI=1S/C40H66F3NO5SSi2.C27H36F3NO6S/c1-26-18-17-19-30(40(41,42)43)20-21-32(27(2)22-31-25-50-33(44-31)24-47-51(13,14)37(5,6)7)48-34(45)23-28(3)39(11,12)36(46)29(4)35(26)49-52(15,16)38(8,9)10;1-15-7-6-8-18(27(28,29)30)9-10-20(16(2)11-19-14-38-22(13-32)31-19)37-23(34)12-21(33)26(4,5)25(36)17(3)24(15)35/h17-18,20,22,25-26,28-29,32,35H,19,21,23-24H2,1-16H3;6-7,9,11,14-15,17,20-21,24,32-33,35H,8,10,12-13H2,1-5H3/b18-17+,27-22+,30-20+;7-6+,16-11+,18-9+/t26-,28-,29+,32?,35-;15-,17+,20?,21-,24-/m00/s1. The van der Waals surface area contributed by atoms with Crippen molar-refractivity contribution in [3.05, 3.63) is 90.9 Å². The molecule has 4 heterocycles. The van der Waals surface area contributed by atoms with Gasteiger partial charge >= 0.3 is 24.3 Å². The molecule has 0 bridgehead atoms. The number of Topliss-reactive ketones (excluding diaryl/α,β-unsaturated/α-hetero) is 2. The van der Waals surface area contributed by atoms with E-state index in [1.807, 2.05) is 40.0 Å². The molecule has 0 spiro atoms. The van der Waals surface area contributed by atoms with Gasteiger partial charge in [-0.25, -0.2) is 9.97 Å². The Morgan fingerprint density at radius 2 is 1.08 bits per heavy atom. The molecule has 3 N–H and O–H groups in total. The predicted molar refractivity (Wildman–Crippen MR) is 351 cm³/mol. The SMILES string of the molecule is C/C(=C\c1csc(CO)n1)C1C/C=C(/C(F)(F)F)C/C=C/[C@H](C)[C@H](O)[C@@H](C)C(=O)C(C)(C)[C@@H](O)CC(=O)O1.C/C(=C\c1csc(CO[Si](C)(C)C(C)(C)C)n1)C1C/C=C(/C(F)(F)F)C/C=C/[C@H](C)[C@H](O[Si](C)(C)C(C)(C)C)[C@@H](C)C(=O)C(C)(C)[C@@H](C)CC(=O)O1. The number of ketones is 2. The van der Waals surface area contributed by atoms with E-state index in [9.17, 15) is 60.8 Å². The van der Waals surface area contributed by atoms with Crippen LogP contribution in [0.5, 0.6) is 0 Å².